The van der Waals surface area contributed by atoms with Crippen LogP contribution in [0.15, 0.2) is 222 Å². The summed E-state index contributed by atoms with van der Waals surface area (Å²) in [5.74, 6) is 0.728. The van der Waals surface area contributed by atoms with Crippen molar-refractivity contribution in [2.24, 2.45) is 0 Å². The summed E-state index contributed by atoms with van der Waals surface area (Å²) in [6.07, 6.45) is 0. The number of para-hydroxylation sites is 2. The molecule has 1 spiro atoms. The lowest BCUT2D eigenvalue weighted by molar-refractivity contribution is 0.723. The number of hydrogen-bond donors (Lipinski definition) is 0. The third-order valence-corrected chi connectivity index (χ3v) is 14.1. The maximum atomic E-state index is 5.42. The van der Waals surface area contributed by atoms with Crippen LogP contribution in [0.4, 0.5) is 0 Å². The fourth-order valence-electron chi connectivity index (χ4n) is 10.2. The highest BCUT2D eigenvalue weighted by atomic mass is 32.2. The summed E-state index contributed by atoms with van der Waals surface area (Å²) in [6, 6.07) is 76.8. The van der Waals surface area contributed by atoms with Gasteiger partial charge in [-0.2, -0.15) is 0 Å². The lowest BCUT2D eigenvalue weighted by atomic mass is 9.67. The molecule has 1 aliphatic carbocycles. The Labute approximate surface area is 363 Å². The third-order valence-electron chi connectivity index (χ3n) is 13.0. The lowest BCUT2D eigenvalue weighted by Crippen LogP contribution is -2.31. The summed E-state index contributed by atoms with van der Waals surface area (Å²) in [7, 11) is 0. The van der Waals surface area contributed by atoms with Crippen LogP contribution in [-0.4, -0.2) is 15.0 Å². The van der Waals surface area contributed by atoms with E-state index in [2.05, 4.69) is 188 Å². The minimum atomic E-state index is -0.439. The molecule has 2 aromatic heterocycles. The van der Waals surface area contributed by atoms with E-state index in [-0.39, 0.29) is 0 Å². The van der Waals surface area contributed by atoms with Gasteiger partial charge in [-0.1, -0.05) is 188 Å². The predicted octanol–water partition coefficient (Wildman–Crippen LogP) is 14.8. The van der Waals surface area contributed by atoms with Gasteiger partial charge in [-0.05, 0) is 86.3 Å². The molecule has 0 amide bonds. The van der Waals surface area contributed by atoms with Crippen molar-refractivity contribution in [1.29, 1.82) is 0 Å². The molecule has 0 saturated heterocycles. The second-order valence-corrected chi connectivity index (χ2v) is 17.3. The molecule has 1 aliphatic heterocycles. The maximum absolute atomic E-state index is 5.42. The van der Waals surface area contributed by atoms with Crippen LogP contribution in [0, 0.1) is 0 Å². The second-order valence-electron chi connectivity index (χ2n) is 16.2. The van der Waals surface area contributed by atoms with Gasteiger partial charge in [0.25, 0.3) is 0 Å². The molecule has 0 atom stereocenters. The lowest BCUT2D eigenvalue weighted by Gasteiger charge is -2.39. The first-order valence-corrected chi connectivity index (χ1v) is 21.9. The Morgan fingerprint density at radius 2 is 0.823 bits per heavy atom. The topological polar surface area (TPSA) is 38.7 Å². The monoisotopic (exact) mass is 805 g/mol. The number of fused-ring (bicyclic) bond motifs is 13. The van der Waals surface area contributed by atoms with Crippen LogP contribution >= 0.6 is 11.8 Å². The van der Waals surface area contributed by atoms with Crippen LogP contribution in [0.1, 0.15) is 22.3 Å². The van der Waals surface area contributed by atoms with Crippen molar-refractivity contribution < 1.29 is 0 Å². The van der Waals surface area contributed by atoms with Gasteiger partial charge in [0, 0.05) is 42.6 Å². The number of pyridine rings is 1. The van der Waals surface area contributed by atoms with Gasteiger partial charge in [-0.25, -0.2) is 15.0 Å². The van der Waals surface area contributed by atoms with Crippen molar-refractivity contribution >= 4 is 44.3 Å². The zero-order valence-electron chi connectivity index (χ0n) is 33.5. The van der Waals surface area contributed by atoms with E-state index in [0.717, 1.165) is 72.2 Å². The molecule has 0 bridgehead atoms. The highest BCUT2D eigenvalue weighted by Gasteiger charge is 2.50. The molecule has 62 heavy (non-hydrogen) atoms. The van der Waals surface area contributed by atoms with Crippen molar-refractivity contribution in [2.45, 2.75) is 15.2 Å². The van der Waals surface area contributed by atoms with Crippen LogP contribution in [0.2, 0.25) is 0 Å². The molecule has 13 rings (SSSR count). The Morgan fingerprint density at radius 3 is 1.50 bits per heavy atom. The molecule has 0 unspecified atom stereocenters. The zero-order valence-corrected chi connectivity index (χ0v) is 34.3. The Balaban J connectivity index is 0.942. The Kier molecular flexibility index (Phi) is 7.75. The molecule has 3 nitrogen and oxygen atoms in total. The molecule has 2 aliphatic rings. The van der Waals surface area contributed by atoms with Crippen molar-refractivity contribution in [2.75, 3.05) is 0 Å². The molecular formula is C58H35N3S. The minimum Gasteiger partial charge on any atom is -0.247 e. The number of benzene rings is 9. The van der Waals surface area contributed by atoms with Crippen molar-refractivity contribution in [1.82, 2.24) is 15.0 Å². The first-order chi connectivity index (χ1) is 30.7. The molecule has 0 fully saturated rings. The van der Waals surface area contributed by atoms with Gasteiger partial charge in [0.1, 0.15) is 0 Å². The van der Waals surface area contributed by atoms with Gasteiger partial charge in [0.15, 0.2) is 5.82 Å². The minimum absolute atomic E-state index is 0.439. The van der Waals surface area contributed by atoms with E-state index in [0.29, 0.717) is 0 Å². The normalized spacial score (nSPS) is 13.2. The summed E-state index contributed by atoms with van der Waals surface area (Å²) >= 11 is 1.88. The van der Waals surface area contributed by atoms with Gasteiger partial charge < -0.3 is 0 Å². The van der Waals surface area contributed by atoms with Crippen LogP contribution in [-0.2, 0) is 5.41 Å². The Hall–Kier alpha value is -7.66. The van der Waals surface area contributed by atoms with E-state index in [4.69, 9.17) is 15.0 Å². The van der Waals surface area contributed by atoms with Crippen LogP contribution in [0.3, 0.4) is 0 Å². The molecular weight excluding hydrogens is 771 g/mol. The van der Waals surface area contributed by atoms with E-state index in [1.807, 2.05) is 36.0 Å². The maximum Gasteiger partial charge on any atom is 0.160 e. The molecule has 4 heteroatoms. The van der Waals surface area contributed by atoms with Crippen molar-refractivity contribution in [3.8, 4) is 56.2 Å². The first-order valence-electron chi connectivity index (χ1n) is 21.1. The van der Waals surface area contributed by atoms with Gasteiger partial charge in [-0.15, -0.1) is 0 Å². The highest BCUT2D eigenvalue weighted by molar-refractivity contribution is 7.99. The average Bonchev–Trinajstić information content (AvgIpc) is 3.62. The van der Waals surface area contributed by atoms with Crippen LogP contribution in [0.5, 0.6) is 0 Å². The van der Waals surface area contributed by atoms with Crippen LogP contribution in [0.25, 0.3) is 88.7 Å². The summed E-state index contributed by atoms with van der Waals surface area (Å²) < 4.78 is 0. The SMILES string of the molecule is c1ccc(-c2nc(-c3ccc(-c4ccc(-c5nc6ccccc6c6cc7c(cc56)-c5ccccc5C75c6ccccc6Sc6ccccc65)cc4)cc3)c3ccccc3n2)cc1. The fraction of sp³-hybridized carbons (Fsp3) is 0.0172. The van der Waals surface area contributed by atoms with Crippen LogP contribution < -0.4 is 0 Å². The quantitative estimate of drug-likeness (QED) is 0.166. The Morgan fingerprint density at radius 1 is 0.306 bits per heavy atom. The summed E-state index contributed by atoms with van der Waals surface area (Å²) in [4.78, 5) is 18.0. The molecule has 3 heterocycles. The first kappa shape index (κ1) is 35.1. The van der Waals surface area contributed by atoms with E-state index >= 15 is 0 Å². The number of rotatable bonds is 4. The van der Waals surface area contributed by atoms with Crippen molar-refractivity contribution in [3.05, 3.63) is 235 Å². The van der Waals surface area contributed by atoms with Gasteiger partial charge in [0.05, 0.1) is 27.8 Å². The standard InChI is InChI=1S/C58H35N3S/c1-2-14-40(15-3-1)57-60-52-23-11-6-18-43(52)55(61-57)38-30-26-36(27-31-38)37-28-32-39(33-29-37)56-46-34-45-41-16-4-7-19-47(41)58(50(45)35-44(46)42-17-5-10-22-51(42)59-56)48-20-8-12-24-53(48)62-54-25-13-9-21-49(54)58/h1-35H. The van der Waals surface area contributed by atoms with Gasteiger partial charge in [0.2, 0.25) is 0 Å². The van der Waals surface area contributed by atoms with Gasteiger partial charge >= 0.3 is 0 Å². The molecule has 0 N–H and O–H groups in total. The molecule has 11 aromatic rings. The summed E-state index contributed by atoms with van der Waals surface area (Å²) in [5.41, 5.74) is 16.8. The molecule has 0 saturated carbocycles. The van der Waals surface area contributed by atoms with Crippen molar-refractivity contribution in [3.63, 3.8) is 0 Å². The van der Waals surface area contributed by atoms with E-state index < -0.39 is 5.41 Å². The van der Waals surface area contributed by atoms with E-state index in [1.165, 1.54) is 48.6 Å². The largest absolute Gasteiger partial charge is 0.247 e. The molecule has 288 valence electrons. The van der Waals surface area contributed by atoms with E-state index in [9.17, 15) is 0 Å². The second kappa shape index (κ2) is 13.7. The predicted molar refractivity (Wildman–Crippen MR) is 256 cm³/mol. The number of aromatic nitrogens is 3. The highest BCUT2D eigenvalue weighted by Crippen LogP contribution is 2.62. The summed E-state index contributed by atoms with van der Waals surface area (Å²) in [6.45, 7) is 0. The number of hydrogen-bond acceptors (Lipinski definition) is 4. The fourth-order valence-corrected chi connectivity index (χ4v) is 11.4. The van der Waals surface area contributed by atoms with Gasteiger partial charge in [-0.3, -0.25) is 0 Å². The van der Waals surface area contributed by atoms with E-state index in [1.54, 1.807) is 0 Å². The summed E-state index contributed by atoms with van der Waals surface area (Å²) in [5, 5.41) is 4.58. The average molecular weight is 806 g/mol. The zero-order chi connectivity index (χ0) is 40.8. The number of nitrogens with zero attached hydrogens (tertiary/aromatic N) is 3. The molecule has 9 aromatic carbocycles. The smallest absolute Gasteiger partial charge is 0.160 e. The Bertz CT molecular complexity index is 3550. The molecule has 0 radical (unpaired) electrons. The third kappa shape index (κ3) is 5.17.